The van der Waals surface area contributed by atoms with Gasteiger partial charge in [0.2, 0.25) is 0 Å². The van der Waals surface area contributed by atoms with E-state index < -0.39 is 0 Å². The summed E-state index contributed by atoms with van der Waals surface area (Å²) in [6.45, 7) is 6.59. The van der Waals surface area contributed by atoms with E-state index in [4.69, 9.17) is 9.47 Å². The van der Waals surface area contributed by atoms with E-state index in [0.29, 0.717) is 29.2 Å². The summed E-state index contributed by atoms with van der Waals surface area (Å²) in [7, 11) is 1.58. The molecule has 3 rings (SSSR count). The van der Waals surface area contributed by atoms with Crippen LogP contribution in [-0.2, 0) is 0 Å². The van der Waals surface area contributed by atoms with Crippen LogP contribution in [0, 0.1) is 13.8 Å². The molecule has 0 atom stereocenters. The van der Waals surface area contributed by atoms with Gasteiger partial charge in [-0.2, -0.15) is 5.10 Å². The van der Waals surface area contributed by atoms with Crippen LogP contribution in [0.3, 0.4) is 0 Å². The van der Waals surface area contributed by atoms with Crippen molar-refractivity contribution in [2.75, 3.05) is 13.7 Å². The highest BCUT2D eigenvalue weighted by Crippen LogP contribution is 2.22. The number of aromatic nitrogens is 1. The Kier molecular flexibility index (Phi) is 6.34. The molecule has 1 aromatic heterocycles. The van der Waals surface area contributed by atoms with E-state index in [-0.39, 0.29) is 5.91 Å². The van der Waals surface area contributed by atoms with Gasteiger partial charge in [-0.05, 0) is 75.4 Å². The molecule has 2 aromatic carbocycles. The van der Waals surface area contributed by atoms with Gasteiger partial charge in [0.15, 0.2) is 0 Å². The van der Waals surface area contributed by atoms with Gasteiger partial charge >= 0.3 is 0 Å². The fourth-order valence-corrected chi connectivity index (χ4v) is 3.13. The fraction of sp³-hybridized carbons (Fsp3) is 0.217. The number of rotatable bonds is 7. The molecule has 1 heterocycles. The fourth-order valence-electron chi connectivity index (χ4n) is 3.13. The number of aryl methyl sites for hydroxylation is 2. The van der Waals surface area contributed by atoms with E-state index in [1.807, 2.05) is 31.2 Å². The summed E-state index contributed by atoms with van der Waals surface area (Å²) in [6, 6.07) is 17.0. The minimum absolute atomic E-state index is 0.284. The zero-order chi connectivity index (χ0) is 20.8. The van der Waals surface area contributed by atoms with E-state index in [1.165, 1.54) is 0 Å². The van der Waals surface area contributed by atoms with E-state index >= 15 is 0 Å². The van der Waals surface area contributed by atoms with Crippen molar-refractivity contribution in [2.45, 2.75) is 20.8 Å². The van der Waals surface area contributed by atoms with Gasteiger partial charge in [0.25, 0.3) is 5.91 Å². The maximum absolute atomic E-state index is 12.4. The topological polar surface area (TPSA) is 64.8 Å². The molecule has 6 nitrogen and oxygen atoms in total. The average Bonchev–Trinajstić information content (AvgIpc) is 3.06. The lowest BCUT2D eigenvalue weighted by Gasteiger charge is -2.10. The summed E-state index contributed by atoms with van der Waals surface area (Å²) < 4.78 is 13.0. The molecule has 0 saturated heterocycles. The number of hydrogen-bond donors (Lipinski definition) is 1. The number of benzene rings is 2. The van der Waals surface area contributed by atoms with E-state index in [9.17, 15) is 4.79 Å². The molecule has 0 radical (unpaired) electrons. The van der Waals surface area contributed by atoms with Crippen molar-refractivity contribution in [1.82, 2.24) is 9.99 Å². The summed E-state index contributed by atoms with van der Waals surface area (Å²) >= 11 is 0. The van der Waals surface area contributed by atoms with Crippen molar-refractivity contribution >= 4 is 12.1 Å². The van der Waals surface area contributed by atoms with Gasteiger partial charge in [-0.15, -0.1) is 0 Å². The quantitative estimate of drug-likeness (QED) is 0.483. The predicted molar refractivity (Wildman–Crippen MR) is 114 cm³/mol. The van der Waals surface area contributed by atoms with Crippen molar-refractivity contribution in [3.63, 3.8) is 0 Å². The maximum Gasteiger partial charge on any atom is 0.271 e. The molecular weight excluding hydrogens is 366 g/mol. The first-order valence-corrected chi connectivity index (χ1v) is 9.43. The molecule has 0 unspecified atom stereocenters. The third kappa shape index (κ3) is 4.66. The first-order chi connectivity index (χ1) is 14.0. The monoisotopic (exact) mass is 391 g/mol. The summed E-state index contributed by atoms with van der Waals surface area (Å²) in [6.07, 6.45) is 1.54. The molecule has 6 heteroatoms. The van der Waals surface area contributed by atoms with Crippen LogP contribution in [0.1, 0.15) is 34.2 Å². The Hall–Kier alpha value is -3.54. The number of nitrogens with one attached hydrogen (secondary N) is 1. The number of nitrogens with zero attached hydrogens (tertiary/aromatic N) is 2. The Bertz CT molecular complexity index is 1000. The number of hydrogen-bond acceptors (Lipinski definition) is 4. The lowest BCUT2D eigenvalue weighted by molar-refractivity contribution is 0.0955. The van der Waals surface area contributed by atoms with Gasteiger partial charge in [0.1, 0.15) is 11.5 Å². The van der Waals surface area contributed by atoms with Crippen molar-refractivity contribution < 1.29 is 14.3 Å². The minimum atomic E-state index is -0.284. The maximum atomic E-state index is 12.4. The molecule has 0 aliphatic heterocycles. The lowest BCUT2D eigenvalue weighted by atomic mass is 10.2. The molecule has 0 fully saturated rings. The minimum Gasteiger partial charge on any atom is -0.496 e. The predicted octanol–water partition coefficient (Wildman–Crippen LogP) is 4.27. The standard InChI is InChI=1S/C23H25N3O3/c1-5-29-21-12-13-22(28-4)19(14-21)15-24-25-23(27)18-8-10-20(11-9-18)26-16(2)6-7-17(26)3/h6-15H,5H2,1-4H3,(H,25,27). The molecule has 0 aliphatic carbocycles. The first-order valence-electron chi connectivity index (χ1n) is 9.43. The van der Waals surface area contributed by atoms with E-state index in [2.05, 4.69) is 41.1 Å². The van der Waals surface area contributed by atoms with Gasteiger partial charge < -0.3 is 14.0 Å². The number of amides is 1. The highest BCUT2D eigenvalue weighted by Gasteiger charge is 2.08. The normalized spacial score (nSPS) is 10.9. The smallest absolute Gasteiger partial charge is 0.271 e. The Balaban J connectivity index is 1.70. The highest BCUT2D eigenvalue weighted by atomic mass is 16.5. The van der Waals surface area contributed by atoms with Crippen LogP contribution in [-0.4, -0.2) is 30.4 Å². The molecule has 29 heavy (non-hydrogen) atoms. The van der Waals surface area contributed by atoms with Crippen LogP contribution in [0.2, 0.25) is 0 Å². The largest absolute Gasteiger partial charge is 0.496 e. The van der Waals surface area contributed by atoms with Gasteiger partial charge in [-0.25, -0.2) is 5.43 Å². The Morgan fingerprint density at radius 2 is 1.76 bits per heavy atom. The number of ether oxygens (including phenoxy) is 2. The zero-order valence-electron chi connectivity index (χ0n) is 17.1. The van der Waals surface area contributed by atoms with Crippen LogP contribution in [0.25, 0.3) is 5.69 Å². The number of hydrazone groups is 1. The summed E-state index contributed by atoms with van der Waals surface area (Å²) in [5, 5.41) is 4.06. The van der Waals surface area contributed by atoms with Crippen LogP contribution >= 0.6 is 0 Å². The van der Waals surface area contributed by atoms with Gasteiger partial charge in [0, 0.05) is 28.2 Å². The summed E-state index contributed by atoms with van der Waals surface area (Å²) in [4.78, 5) is 12.4. The second-order valence-corrected chi connectivity index (χ2v) is 6.53. The molecule has 150 valence electrons. The van der Waals surface area contributed by atoms with E-state index in [0.717, 1.165) is 17.1 Å². The van der Waals surface area contributed by atoms with Crippen molar-refractivity contribution in [2.24, 2.45) is 5.10 Å². The van der Waals surface area contributed by atoms with Crippen LogP contribution in [0.5, 0.6) is 11.5 Å². The van der Waals surface area contributed by atoms with Crippen molar-refractivity contribution in [1.29, 1.82) is 0 Å². The molecule has 0 aliphatic rings. The van der Waals surface area contributed by atoms with Gasteiger partial charge in [-0.1, -0.05) is 0 Å². The lowest BCUT2D eigenvalue weighted by Crippen LogP contribution is -2.17. The average molecular weight is 391 g/mol. The molecule has 0 spiro atoms. The molecule has 0 bridgehead atoms. The molecule has 0 saturated carbocycles. The second kappa shape index (κ2) is 9.10. The van der Waals surface area contributed by atoms with Gasteiger partial charge in [-0.3, -0.25) is 4.79 Å². The number of carbonyl (C=O) groups is 1. The van der Waals surface area contributed by atoms with Crippen LogP contribution < -0.4 is 14.9 Å². The highest BCUT2D eigenvalue weighted by molar-refractivity contribution is 5.95. The second-order valence-electron chi connectivity index (χ2n) is 6.53. The first kappa shape index (κ1) is 20.2. The van der Waals surface area contributed by atoms with Crippen molar-refractivity contribution in [3.05, 3.63) is 77.1 Å². The van der Waals surface area contributed by atoms with Gasteiger partial charge in [0.05, 0.1) is 19.9 Å². The molecule has 1 amide bonds. The SMILES string of the molecule is CCOc1ccc(OC)c(C=NNC(=O)c2ccc(-n3c(C)ccc3C)cc2)c1. The van der Waals surface area contributed by atoms with Crippen LogP contribution in [0.15, 0.2) is 59.7 Å². The molecule has 1 N–H and O–H groups in total. The summed E-state index contributed by atoms with van der Waals surface area (Å²) in [5.41, 5.74) is 7.11. The molecule has 3 aromatic rings. The van der Waals surface area contributed by atoms with Crippen LogP contribution in [0.4, 0.5) is 0 Å². The number of methoxy groups -OCH3 is 1. The zero-order valence-corrected chi connectivity index (χ0v) is 17.1. The summed E-state index contributed by atoms with van der Waals surface area (Å²) in [5.74, 6) is 1.08. The Morgan fingerprint density at radius 3 is 2.38 bits per heavy atom. The Morgan fingerprint density at radius 1 is 1.07 bits per heavy atom. The molecular formula is C23H25N3O3. The van der Waals surface area contributed by atoms with E-state index in [1.54, 1.807) is 31.5 Å². The van der Waals surface area contributed by atoms with Crippen molar-refractivity contribution in [3.8, 4) is 17.2 Å². The Labute approximate surface area is 170 Å². The number of carbonyl (C=O) groups excluding carboxylic acids is 1. The third-order valence-corrected chi connectivity index (χ3v) is 4.54. The third-order valence-electron chi connectivity index (χ3n) is 4.54.